The molecule has 0 saturated heterocycles. The molecule has 1 aliphatic carbocycles. The van der Waals surface area contributed by atoms with E-state index in [2.05, 4.69) is 13.8 Å². The Hall–Kier alpha value is -0.0800. The van der Waals surface area contributed by atoms with Crippen molar-refractivity contribution in [2.45, 2.75) is 58.2 Å². The predicted octanol–water partition coefficient (Wildman–Crippen LogP) is 2.60. The number of methoxy groups -OCH3 is 1. The zero-order valence-electron chi connectivity index (χ0n) is 9.70. The van der Waals surface area contributed by atoms with Gasteiger partial charge < -0.3 is 9.84 Å². The predicted molar refractivity (Wildman–Crippen MR) is 58.2 cm³/mol. The number of aliphatic hydroxyl groups excluding tert-OH is 1. The maximum atomic E-state index is 9.64. The van der Waals surface area contributed by atoms with Gasteiger partial charge in [0, 0.05) is 7.11 Å². The molecule has 2 nitrogen and oxygen atoms in total. The second-order valence-corrected chi connectivity index (χ2v) is 4.99. The number of aliphatic hydroxyl groups is 1. The molecule has 0 bridgehead atoms. The van der Waals surface area contributed by atoms with Gasteiger partial charge in [-0.15, -0.1) is 0 Å². The molecule has 1 saturated carbocycles. The Balaban J connectivity index is 2.27. The Labute approximate surface area is 87.7 Å². The molecule has 0 heterocycles. The summed E-state index contributed by atoms with van der Waals surface area (Å²) in [6, 6.07) is 0. The summed E-state index contributed by atoms with van der Waals surface area (Å²) >= 11 is 0. The Bertz CT molecular complexity index is 156. The van der Waals surface area contributed by atoms with Gasteiger partial charge in [-0.05, 0) is 31.1 Å². The van der Waals surface area contributed by atoms with Crippen molar-refractivity contribution < 1.29 is 9.84 Å². The molecule has 14 heavy (non-hydrogen) atoms. The highest BCUT2D eigenvalue weighted by molar-refractivity contribution is 4.80. The Kier molecular flexibility index (Phi) is 4.90. The SMILES string of the molecule is COC1CC(CCC(C)C)CCC1O. The molecule has 2 heteroatoms. The van der Waals surface area contributed by atoms with E-state index >= 15 is 0 Å². The molecule has 1 rings (SSSR count). The van der Waals surface area contributed by atoms with Crippen molar-refractivity contribution in [2.75, 3.05) is 7.11 Å². The topological polar surface area (TPSA) is 29.5 Å². The summed E-state index contributed by atoms with van der Waals surface area (Å²) in [5.74, 6) is 1.56. The minimum absolute atomic E-state index is 0.0842. The van der Waals surface area contributed by atoms with Crippen molar-refractivity contribution in [3.8, 4) is 0 Å². The summed E-state index contributed by atoms with van der Waals surface area (Å²) in [7, 11) is 1.71. The lowest BCUT2D eigenvalue weighted by molar-refractivity contribution is -0.0518. The van der Waals surface area contributed by atoms with E-state index in [-0.39, 0.29) is 12.2 Å². The summed E-state index contributed by atoms with van der Waals surface area (Å²) in [5, 5.41) is 9.64. The highest BCUT2D eigenvalue weighted by atomic mass is 16.5. The Morgan fingerprint density at radius 2 is 2.07 bits per heavy atom. The van der Waals surface area contributed by atoms with E-state index in [0.717, 1.165) is 24.7 Å². The summed E-state index contributed by atoms with van der Waals surface area (Å²) in [6.45, 7) is 4.54. The standard InChI is InChI=1S/C12H24O2/c1-9(2)4-5-10-6-7-11(13)12(8-10)14-3/h9-13H,4-8H2,1-3H3. The van der Waals surface area contributed by atoms with Crippen molar-refractivity contribution in [3.05, 3.63) is 0 Å². The fourth-order valence-electron chi connectivity index (χ4n) is 2.28. The molecule has 1 aliphatic rings. The molecule has 3 unspecified atom stereocenters. The van der Waals surface area contributed by atoms with Crippen molar-refractivity contribution in [1.29, 1.82) is 0 Å². The van der Waals surface area contributed by atoms with Gasteiger partial charge in [0.2, 0.25) is 0 Å². The number of rotatable bonds is 4. The van der Waals surface area contributed by atoms with Gasteiger partial charge in [-0.3, -0.25) is 0 Å². The summed E-state index contributed by atoms with van der Waals surface area (Å²) in [4.78, 5) is 0. The van der Waals surface area contributed by atoms with Crippen molar-refractivity contribution in [2.24, 2.45) is 11.8 Å². The van der Waals surface area contributed by atoms with Crippen LogP contribution in [0.5, 0.6) is 0 Å². The Morgan fingerprint density at radius 3 is 2.64 bits per heavy atom. The van der Waals surface area contributed by atoms with Crippen LogP contribution in [-0.2, 0) is 4.74 Å². The molecule has 1 N–H and O–H groups in total. The monoisotopic (exact) mass is 200 g/mol. The third kappa shape index (κ3) is 3.58. The normalized spacial score (nSPS) is 33.6. The van der Waals surface area contributed by atoms with Crippen LogP contribution < -0.4 is 0 Å². The number of ether oxygens (including phenoxy) is 1. The third-order valence-corrected chi connectivity index (χ3v) is 3.32. The van der Waals surface area contributed by atoms with Crippen LogP contribution in [-0.4, -0.2) is 24.4 Å². The lowest BCUT2D eigenvalue weighted by Crippen LogP contribution is -2.35. The van der Waals surface area contributed by atoms with Crippen molar-refractivity contribution in [1.82, 2.24) is 0 Å². The van der Waals surface area contributed by atoms with Gasteiger partial charge >= 0.3 is 0 Å². The molecule has 0 amide bonds. The second-order valence-electron chi connectivity index (χ2n) is 4.99. The molecule has 0 aromatic heterocycles. The summed E-state index contributed by atoms with van der Waals surface area (Å²) in [6.07, 6.45) is 5.59. The first-order chi connectivity index (χ1) is 6.63. The Morgan fingerprint density at radius 1 is 1.36 bits per heavy atom. The smallest absolute Gasteiger partial charge is 0.0832 e. The van der Waals surface area contributed by atoms with Crippen LogP contribution in [0.1, 0.15) is 46.0 Å². The number of hydrogen-bond acceptors (Lipinski definition) is 2. The maximum absolute atomic E-state index is 9.64. The highest BCUT2D eigenvalue weighted by Gasteiger charge is 2.28. The van der Waals surface area contributed by atoms with Gasteiger partial charge in [-0.2, -0.15) is 0 Å². The molecular formula is C12H24O2. The molecule has 0 radical (unpaired) electrons. The molecule has 1 fully saturated rings. The number of hydrogen-bond donors (Lipinski definition) is 1. The van der Waals surface area contributed by atoms with Gasteiger partial charge in [0.05, 0.1) is 12.2 Å². The van der Waals surface area contributed by atoms with Crippen LogP contribution in [0.3, 0.4) is 0 Å². The largest absolute Gasteiger partial charge is 0.390 e. The van der Waals surface area contributed by atoms with E-state index in [0.29, 0.717) is 0 Å². The molecule has 0 spiro atoms. The van der Waals surface area contributed by atoms with Crippen LogP contribution in [0.4, 0.5) is 0 Å². The quantitative estimate of drug-likeness (QED) is 0.756. The highest BCUT2D eigenvalue weighted by Crippen LogP contribution is 2.30. The lowest BCUT2D eigenvalue weighted by atomic mass is 9.81. The van der Waals surface area contributed by atoms with E-state index in [1.807, 2.05) is 0 Å². The lowest BCUT2D eigenvalue weighted by Gasteiger charge is -2.32. The third-order valence-electron chi connectivity index (χ3n) is 3.32. The van der Waals surface area contributed by atoms with E-state index < -0.39 is 0 Å². The van der Waals surface area contributed by atoms with Gasteiger partial charge in [0.15, 0.2) is 0 Å². The van der Waals surface area contributed by atoms with Crippen LogP contribution >= 0.6 is 0 Å². The zero-order valence-corrected chi connectivity index (χ0v) is 9.70. The maximum Gasteiger partial charge on any atom is 0.0832 e. The van der Waals surface area contributed by atoms with Gasteiger partial charge in [0.1, 0.15) is 0 Å². The first kappa shape index (κ1) is 12.0. The summed E-state index contributed by atoms with van der Waals surface area (Å²) in [5.41, 5.74) is 0. The molecular weight excluding hydrogens is 176 g/mol. The molecule has 3 atom stereocenters. The average molecular weight is 200 g/mol. The van der Waals surface area contributed by atoms with E-state index in [1.54, 1.807) is 7.11 Å². The minimum Gasteiger partial charge on any atom is -0.390 e. The second kappa shape index (κ2) is 5.72. The van der Waals surface area contributed by atoms with Crippen LogP contribution in [0, 0.1) is 11.8 Å². The average Bonchev–Trinajstić information content (AvgIpc) is 2.16. The van der Waals surface area contributed by atoms with Crippen molar-refractivity contribution in [3.63, 3.8) is 0 Å². The van der Waals surface area contributed by atoms with Crippen LogP contribution in [0.25, 0.3) is 0 Å². The molecule has 0 aromatic rings. The van der Waals surface area contributed by atoms with Gasteiger partial charge in [-0.25, -0.2) is 0 Å². The van der Waals surface area contributed by atoms with Crippen LogP contribution in [0.15, 0.2) is 0 Å². The van der Waals surface area contributed by atoms with E-state index in [1.165, 1.54) is 19.3 Å². The summed E-state index contributed by atoms with van der Waals surface area (Å²) < 4.78 is 5.29. The van der Waals surface area contributed by atoms with Gasteiger partial charge in [-0.1, -0.05) is 26.7 Å². The van der Waals surface area contributed by atoms with E-state index in [9.17, 15) is 5.11 Å². The van der Waals surface area contributed by atoms with Crippen molar-refractivity contribution >= 4 is 0 Å². The molecule has 0 aliphatic heterocycles. The first-order valence-corrected chi connectivity index (χ1v) is 5.84. The minimum atomic E-state index is -0.227. The molecule has 84 valence electrons. The van der Waals surface area contributed by atoms with Crippen LogP contribution in [0.2, 0.25) is 0 Å². The fraction of sp³-hybridized carbons (Fsp3) is 1.00. The molecule has 0 aromatic carbocycles. The zero-order chi connectivity index (χ0) is 10.6. The fourth-order valence-corrected chi connectivity index (χ4v) is 2.28. The van der Waals surface area contributed by atoms with E-state index in [4.69, 9.17) is 4.74 Å². The first-order valence-electron chi connectivity index (χ1n) is 5.84. The van der Waals surface area contributed by atoms with Gasteiger partial charge in [0.25, 0.3) is 0 Å².